The van der Waals surface area contributed by atoms with Gasteiger partial charge >= 0.3 is 5.97 Å². The van der Waals surface area contributed by atoms with Crippen LogP contribution in [0.15, 0.2) is 6.33 Å². The first-order valence-electron chi connectivity index (χ1n) is 7.87. The van der Waals surface area contributed by atoms with E-state index in [4.69, 9.17) is 0 Å². The van der Waals surface area contributed by atoms with Crippen molar-refractivity contribution in [3.63, 3.8) is 0 Å². The zero-order valence-corrected chi connectivity index (χ0v) is 12.9. The van der Waals surface area contributed by atoms with Crippen LogP contribution in [0.4, 0.5) is 0 Å². The van der Waals surface area contributed by atoms with Crippen LogP contribution in [-0.4, -0.2) is 49.7 Å². The number of aliphatic carboxylic acids is 1. The predicted octanol–water partition coefficient (Wildman–Crippen LogP) is 1.17. The van der Waals surface area contributed by atoms with Crippen LogP contribution in [0.3, 0.4) is 0 Å². The van der Waals surface area contributed by atoms with E-state index in [0.717, 1.165) is 25.1 Å². The molecule has 1 aromatic rings. The van der Waals surface area contributed by atoms with Gasteiger partial charge in [-0.1, -0.05) is 6.42 Å². The average Bonchev–Trinajstić information content (AvgIpc) is 2.88. The second kappa shape index (κ2) is 5.70. The third-order valence-electron chi connectivity index (χ3n) is 5.21. The zero-order valence-electron chi connectivity index (χ0n) is 12.9. The highest BCUT2D eigenvalue weighted by Crippen LogP contribution is 2.44. The van der Waals surface area contributed by atoms with Gasteiger partial charge in [-0.15, -0.1) is 10.2 Å². The Balaban J connectivity index is 1.56. The van der Waals surface area contributed by atoms with Gasteiger partial charge in [-0.25, -0.2) is 0 Å². The van der Waals surface area contributed by atoms with E-state index in [1.807, 2.05) is 16.5 Å². The van der Waals surface area contributed by atoms with Crippen molar-refractivity contribution in [2.45, 2.75) is 44.4 Å². The summed E-state index contributed by atoms with van der Waals surface area (Å²) in [7, 11) is 1.93. The lowest BCUT2D eigenvalue weighted by Crippen LogP contribution is -2.45. The number of aryl methyl sites for hydroxylation is 1. The molecule has 2 fully saturated rings. The van der Waals surface area contributed by atoms with Crippen molar-refractivity contribution >= 4 is 11.9 Å². The van der Waals surface area contributed by atoms with Crippen LogP contribution in [0, 0.1) is 5.41 Å². The van der Waals surface area contributed by atoms with E-state index in [1.165, 1.54) is 0 Å². The minimum absolute atomic E-state index is 0.0153. The molecule has 3 rings (SSSR count). The number of hydrogen-bond donors (Lipinski definition) is 1. The highest BCUT2D eigenvalue weighted by molar-refractivity contribution is 5.85. The molecule has 1 amide bonds. The van der Waals surface area contributed by atoms with Gasteiger partial charge in [0.25, 0.3) is 0 Å². The SMILES string of the molecule is Cn1cnnc1C1CCN(C(=O)CC2(C(=O)O)CCC2)CC1. The summed E-state index contributed by atoms with van der Waals surface area (Å²) < 4.78 is 1.93. The van der Waals surface area contributed by atoms with Crippen LogP contribution in [0.2, 0.25) is 0 Å². The monoisotopic (exact) mass is 306 g/mol. The predicted molar refractivity (Wildman–Crippen MR) is 78.1 cm³/mol. The second-order valence-electron chi connectivity index (χ2n) is 6.57. The molecule has 2 aliphatic rings. The molecule has 22 heavy (non-hydrogen) atoms. The van der Waals surface area contributed by atoms with E-state index in [1.54, 1.807) is 6.33 Å². The van der Waals surface area contributed by atoms with Gasteiger partial charge in [-0.2, -0.15) is 0 Å². The molecular formula is C15H22N4O3. The van der Waals surface area contributed by atoms with Gasteiger partial charge in [-0.3, -0.25) is 9.59 Å². The number of likely N-dealkylation sites (tertiary alicyclic amines) is 1. The Morgan fingerprint density at radius 3 is 2.50 bits per heavy atom. The van der Waals surface area contributed by atoms with Crippen molar-refractivity contribution in [3.05, 3.63) is 12.2 Å². The van der Waals surface area contributed by atoms with Crippen molar-refractivity contribution in [2.24, 2.45) is 12.5 Å². The van der Waals surface area contributed by atoms with Crippen LogP contribution in [-0.2, 0) is 16.6 Å². The normalized spacial score (nSPS) is 21.4. The number of carbonyl (C=O) groups excluding carboxylic acids is 1. The second-order valence-corrected chi connectivity index (χ2v) is 6.57. The fourth-order valence-electron chi connectivity index (χ4n) is 3.52. The number of amides is 1. The lowest BCUT2D eigenvalue weighted by Gasteiger charge is -2.39. The van der Waals surface area contributed by atoms with E-state index in [-0.39, 0.29) is 12.3 Å². The van der Waals surface area contributed by atoms with Crippen LogP contribution in [0.5, 0.6) is 0 Å². The van der Waals surface area contributed by atoms with Crippen LogP contribution >= 0.6 is 0 Å². The Labute approximate surface area is 129 Å². The quantitative estimate of drug-likeness (QED) is 0.902. The molecular weight excluding hydrogens is 284 g/mol. The van der Waals surface area contributed by atoms with Crippen molar-refractivity contribution < 1.29 is 14.7 Å². The summed E-state index contributed by atoms with van der Waals surface area (Å²) in [6, 6.07) is 0. The van der Waals surface area contributed by atoms with Gasteiger partial charge in [0.15, 0.2) is 0 Å². The van der Waals surface area contributed by atoms with E-state index < -0.39 is 11.4 Å². The van der Waals surface area contributed by atoms with Crippen molar-refractivity contribution in [3.8, 4) is 0 Å². The molecule has 0 radical (unpaired) electrons. The standard InChI is InChI=1S/C15H22N4O3/c1-18-10-16-17-13(18)11-3-7-19(8-4-11)12(20)9-15(14(21)22)5-2-6-15/h10-11H,2-9H2,1H3,(H,21,22). The number of piperidine rings is 1. The summed E-state index contributed by atoms with van der Waals surface area (Å²) in [5.74, 6) is 0.460. The molecule has 1 saturated carbocycles. The molecule has 1 aliphatic carbocycles. The van der Waals surface area contributed by atoms with Gasteiger partial charge in [0, 0.05) is 32.5 Å². The summed E-state index contributed by atoms with van der Waals surface area (Å²) in [6.45, 7) is 1.35. The van der Waals surface area contributed by atoms with E-state index in [0.29, 0.717) is 31.8 Å². The molecule has 1 aromatic heterocycles. The molecule has 7 heteroatoms. The van der Waals surface area contributed by atoms with Gasteiger partial charge in [-0.05, 0) is 25.7 Å². The molecule has 0 atom stereocenters. The minimum Gasteiger partial charge on any atom is -0.481 e. The molecule has 0 bridgehead atoms. The Kier molecular flexibility index (Phi) is 3.88. The largest absolute Gasteiger partial charge is 0.481 e. The third kappa shape index (κ3) is 2.60. The van der Waals surface area contributed by atoms with Crippen LogP contribution < -0.4 is 0 Å². The Morgan fingerprint density at radius 2 is 2.05 bits per heavy atom. The minimum atomic E-state index is -0.818. The average molecular weight is 306 g/mol. The van der Waals surface area contributed by atoms with Crippen LogP contribution in [0.25, 0.3) is 0 Å². The van der Waals surface area contributed by atoms with E-state index >= 15 is 0 Å². The molecule has 0 aromatic carbocycles. The Bertz CT molecular complexity index is 571. The summed E-state index contributed by atoms with van der Waals surface area (Å²) in [6.07, 6.45) is 5.73. The van der Waals surface area contributed by atoms with E-state index in [9.17, 15) is 14.7 Å². The number of carboxylic acids is 1. The van der Waals surface area contributed by atoms with Gasteiger partial charge in [0.05, 0.1) is 5.41 Å². The molecule has 120 valence electrons. The first-order valence-corrected chi connectivity index (χ1v) is 7.87. The molecule has 0 spiro atoms. The maximum Gasteiger partial charge on any atom is 0.310 e. The smallest absolute Gasteiger partial charge is 0.310 e. The van der Waals surface area contributed by atoms with Gasteiger partial charge < -0.3 is 14.6 Å². The number of carbonyl (C=O) groups is 2. The Hall–Kier alpha value is -1.92. The fourth-order valence-corrected chi connectivity index (χ4v) is 3.52. The van der Waals surface area contributed by atoms with Gasteiger partial charge in [0.1, 0.15) is 12.2 Å². The summed E-state index contributed by atoms with van der Waals surface area (Å²) in [4.78, 5) is 25.6. The first kappa shape index (κ1) is 15.0. The fraction of sp³-hybridized carbons (Fsp3) is 0.733. The molecule has 1 N–H and O–H groups in total. The number of rotatable bonds is 4. The number of carboxylic acid groups (broad SMARTS) is 1. The summed E-state index contributed by atoms with van der Waals surface area (Å²) in [5, 5.41) is 17.4. The highest BCUT2D eigenvalue weighted by Gasteiger charge is 2.46. The Morgan fingerprint density at radius 1 is 1.36 bits per heavy atom. The first-order chi connectivity index (χ1) is 10.5. The van der Waals surface area contributed by atoms with Crippen molar-refractivity contribution in [1.29, 1.82) is 0 Å². The maximum atomic E-state index is 12.4. The molecule has 1 aliphatic heterocycles. The topological polar surface area (TPSA) is 88.3 Å². The van der Waals surface area contributed by atoms with E-state index in [2.05, 4.69) is 10.2 Å². The summed E-state index contributed by atoms with van der Waals surface area (Å²) in [5.41, 5.74) is -0.794. The maximum absolute atomic E-state index is 12.4. The molecule has 1 saturated heterocycles. The summed E-state index contributed by atoms with van der Waals surface area (Å²) >= 11 is 0. The molecule has 2 heterocycles. The lowest BCUT2D eigenvalue weighted by molar-refractivity contribution is -0.159. The lowest BCUT2D eigenvalue weighted by atomic mass is 9.66. The zero-order chi connectivity index (χ0) is 15.7. The number of hydrogen-bond acceptors (Lipinski definition) is 4. The van der Waals surface area contributed by atoms with Gasteiger partial charge in [0.2, 0.25) is 5.91 Å². The molecule has 0 unspecified atom stereocenters. The van der Waals surface area contributed by atoms with Crippen molar-refractivity contribution in [2.75, 3.05) is 13.1 Å². The van der Waals surface area contributed by atoms with Crippen molar-refractivity contribution in [1.82, 2.24) is 19.7 Å². The number of aromatic nitrogens is 3. The van der Waals surface area contributed by atoms with Crippen LogP contribution in [0.1, 0.15) is 50.3 Å². The molecule has 7 nitrogen and oxygen atoms in total. The third-order valence-corrected chi connectivity index (χ3v) is 5.21. The number of nitrogens with zero attached hydrogens (tertiary/aromatic N) is 4. The highest BCUT2D eigenvalue weighted by atomic mass is 16.4.